The lowest BCUT2D eigenvalue weighted by molar-refractivity contribution is 0.105. The Hall–Kier alpha value is -3.17. The zero-order chi connectivity index (χ0) is 23.2. The average molecular weight is 463 g/mol. The third-order valence-electron chi connectivity index (χ3n) is 7.39. The number of ether oxygens (including phenoxy) is 2. The minimum atomic E-state index is 0.0773. The molecule has 2 aliphatic heterocycles. The number of piperidine rings is 1. The summed E-state index contributed by atoms with van der Waals surface area (Å²) in [6.07, 6.45) is 6.67. The van der Waals surface area contributed by atoms with Gasteiger partial charge < -0.3 is 9.47 Å². The van der Waals surface area contributed by atoms with E-state index >= 15 is 0 Å². The van der Waals surface area contributed by atoms with Gasteiger partial charge in [-0.1, -0.05) is 6.07 Å². The Kier molecular flexibility index (Phi) is 5.38. The number of hydrogen-bond acceptors (Lipinski definition) is 6. The van der Waals surface area contributed by atoms with Crippen LogP contribution in [0.25, 0.3) is 27.8 Å². The molecule has 178 valence electrons. The van der Waals surface area contributed by atoms with Crippen LogP contribution in [0.4, 0.5) is 0 Å². The molecule has 1 aromatic carbocycles. The van der Waals surface area contributed by atoms with Crippen LogP contribution in [0.2, 0.25) is 0 Å². The molecule has 0 aliphatic carbocycles. The van der Waals surface area contributed by atoms with Crippen LogP contribution in [0, 0.1) is 0 Å². The lowest BCUT2D eigenvalue weighted by Crippen LogP contribution is -2.45. The minimum absolute atomic E-state index is 0.0773. The SMILES string of the molecule is CCn1c(=O)n([C@@H]2CCCN(C3CCOC3)C2)c2ccc(-c3cc(OC)c4ncnn4c3)cc21. The van der Waals surface area contributed by atoms with Gasteiger partial charge in [0, 0.05) is 37.5 Å². The molecule has 2 fully saturated rings. The number of aryl methyl sites for hydroxylation is 1. The summed E-state index contributed by atoms with van der Waals surface area (Å²) in [5.74, 6) is 0.665. The fourth-order valence-electron chi connectivity index (χ4n) is 5.66. The zero-order valence-corrected chi connectivity index (χ0v) is 19.7. The van der Waals surface area contributed by atoms with Crippen molar-refractivity contribution in [3.63, 3.8) is 0 Å². The van der Waals surface area contributed by atoms with Gasteiger partial charge in [-0.3, -0.25) is 14.0 Å². The van der Waals surface area contributed by atoms with Crippen molar-refractivity contribution in [1.82, 2.24) is 28.6 Å². The quantitative estimate of drug-likeness (QED) is 0.454. The summed E-state index contributed by atoms with van der Waals surface area (Å²) in [6, 6.07) is 8.91. The van der Waals surface area contributed by atoms with Crippen molar-refractivity contribution in [1.29, 1.82) is 0 Å². The van der Waals surface area contributed by atoms with Crippen molar-refractivity contribution in [3.05, 3.63) is 47.3 Å². The van der Waals surface area contributed by atoms with E-state index in [4.69, 9.17) is 9.47 Å². The minimum Gasteiger partial charge on any atom is -0.493 e. The molecule has 0 bridgehead atoms. The smallest absolute Gasteiger partial charge is 0.329 e. The van der Waals surface area contributed by atoms with Gasteiger partial charge in [0.25, 0.3) is 0 Å². The number of rotatable bonds is 5. The number of nitrogens with zero attached hydrogens (tertiary/aromatic N) is 6. The molecule has 9 nitrogen and oxygen atoms in total. The molecule has 6 rings (SSSR count). The lowest BCUT2D eigenvalue weighted by atomic mass is 10.0. The van der Waals surface area contributed by atoms with E-state index in [1.807, 2.05) is 28.3 Å². The molecule has 3 aromatic heterocycles. The van der Waals surface area contributed by atoms with Gasteiger partial charge in [-0.05, 0) is 56.5 Å². The van der Waals surface area contributed by atoms with Crippen LogP contribution < -0.4 is 10.4 Å². The van der Waals surface area contributed by atoms with Crippen LogP contribution in [0.15, 0.2) is 41.6 Å². The topological polar surface area (TPSA) is 78.8 Å². The van der Waals surface area contributed by atoms with Gasteiger partial charge >= 0.3 is 5.69 Å². The van der Waals surface area contributed by atoms with Crippen LogP contribution in [-0.4, -0.2) is 68.1 Å². The number of aromatic nitrogens is 5. The summed E-state index contributed by atoms with van der Waals surface area (Å²) in [6.45, 7) is 6.30. The highest BCUT2D eigenvalue weighted by Crippen LogP contribution is 2.32. The van der Waals surface area contributed by atoms with E-state index < -0.39 is 0 Å². The number of imidazole rings is 1. The number of benzene rings is 1. The van der Waals surface area contributed by atoms with E-state index in [1.54, 1.807) is 11.6 Å². The van der Waals surface area contributed by atoms with Crippen molar-refractivity contribution >= 4 is 16.7 Å². The number of methoxy groups -OCH3 is 1. The van der Waals surface area contributed by atoms with Gasteiger partial charge in [0.2, 0.25) is 0 Å². The Labute approximate surface area is 197 Å². The first-order chi connectivity index (χ1) is 16.7. The Morgan fingerprint density at radius 1 is 1.15 bits per heavy atom. The second-order valence-electron chi connectivity index (χ2n) is 9.23. The third kappa shape index (κ3) is 3.42. The largest absolute Gasteiger partial charge is 0.493 e. The maximum atomic E-state index is 13.6. The highest BCUT2D eigenvalue weighted by Gasteiger charge is 2.31. The van der Waals surface area contributed by atoms with Gasteiger partial charge in [-0.25, -0.2) is 14.3 Å². The molecule has 2 atom stereocenters. The highest BCUT2D eigenvalue weighted by atomic mass is 16.5. The molecule has 4 aromatic rings. The van der Waals surface area contributed by atoms with Gasteiger partial charge in [0.1, 0.15) is 6.33 Å². The van der Waals surface area contributed by atoms with Gasteiger partial charge in [0.15, 0.2) is 11.4 Å². The first kappa shape index (κ1) is 21.4. The molecule has 34 heavy (non-hydrogen) atoms. The second kappa shape index (κ2) is 8.56. The fraction of sp³-hybridized carbons (Fsp3) is 0.480. The Morgan fingerprint density at radius 2 is 2.06 bits per heavy atom. The second-order valence-corrected chi connectivity index (χ2v) is 9.23. The molecule has 2 aliphatic rings. The molecule has 2 saturated heterocycles. The summed E-state index contributed by atoms with van der Waals surface area (Å²) in [4.78, 5) is 20.4. The van der Waals surface area contributed by atoms with Crippen molar-refractivity contribution in [3.8, 4) is 16.9 Å². The van der Waals surface area contributed by atoms with Gasteiger partial charge in [0.05, 0.1) is 30.8 Å². The van der Waals surface area contributed by atoms with Crippen LogP contribution in [0.5, 0.6) is 5.75 Å². The maximum Gasteiger partial charge on any atom is 0.329 e. The van der Waals surface area contributed by atoms with Crippen LogP contribution in [0.3, 0.4) is 0 Å². The number of likely N-dealkylation sites (tertiary alicyclic amines) is 1. The summed E-state index contributed by atoms with van der Waals surface area (Å²) >= 11 is 0. The summed E-state index contributed by atoms with van der Waals surface area (Å²) < 4.78 is 16.8. The summed E-state index contributed by atoms with van der Waals surface area (Å²) in [5.41, 5.74) is 4.69. The predicted molar refractivity (Wildman–Crippen MR) is 129 cm³/mol. The molecule has 0 amide bonds. The van der Waals surface area contributed by atoms with E-state index in [1.165, 1.54) is 6.33 Å². The number of pyridine rings is 1. The standard InChI is InChI=1S/C25H30N6O3/c1-3-29-22-11-17(18-12-23(33-2)24-26-16-27-30(24)13-18)6-7-21(22)31(25(29)32)19-5-4-9-28(14-19)20-8-10-34-15-20/h6-7,11-13,16,19-20H,3-5,8-10,14-15H2,1-2H3/t19-,20?/m1/s1. The first-order valence-electron chi connectivity index (χ1n) is 12.1. The molecule has 9 heteroatoms. The van der Waals surface area contributed by atoms with Crippen molar-refractivity contribution in [2.45, 2.75) is 44.8 Å². The predicted octanol–water partition coefficient (Wildman–Crippen LogP) is 2.97. The number of fused-ring (bicyclic) bond motifs is 2. The Morgan fingerprint density at radius 3 is 2.85 bits per heavy atom. The van der Waals surface area contributed by atoms with E-state index in [0.717, 1.165) is 67.7 Å². The van der Waals surface area contributed by atoms with Crippen molar-refractivity contribution in [2.75, 3.05) is 33.4 Å². The monoisotopic (exact) mass is 462 g/mol. The Balaban J connectivity index is 1.42. The lowest BCUT2D eigenvalue weighted by Gasteiger charge is -2.36. The van der Waals surface area contributed by atoms with Crippen molar-refractivity contribution in [2.24, 2.45) is 0 Å². The zero-order valence-electron chi connectivity index (χ0n) is 19.7. The number of hydrogen-bond donors (Lipinski definition) is 0. The molecule has 1 unspecified atom stereocenters. The molecular weight excluding hydrogens is 432 g/mol. The molecule has 5 heterocycles. The molecular formula is C25H30N6O3. The molecule has 0 spiro atoms. The van der Waals surface area contributed by atoms with Gasteiger partial charge in [-0.2, -0.15) is 5.10 Å². The molecule has 0 radical (unpaired) electrons. The maximum absolute atomic E-state index is 13.6. The van der Waals surface area contributed by atoms with Crippen LogP contribution in [0.1, 0.15) is 32.2 Å². The van der Waals surface area contributed by atoms with Gasteiger partial charge in [-0.15, -0.1) is 0 Å². The Bertz CT molecular complexity index is 1400. The molecule has 0 N–H and O–H groups in total. The van der Waals surface area contributed by atoms with Crippen LogP contribution in [-0.2, 0) is 11.3 Å². The molecule has 0 saturated carbocycles. The normalized spacial score (nSPS) is 21.6. The summed E-state index contributed by atoms with van der Waals surface area (Å²) in [7, 11) is 1.64. The fourth-order valence-corrected chi connectivity index (χ4v) is 5.66. The first-order valence-corrected chi connectivity index (χ1v) is 12.1. The van der Waals surface area contributed by atoms with E-state index in [9.17, 15) is 4.79 Å². The van der Waals surface area contributed by atoms with Crippen molar-refractivity contribution < 1.29 is 9.47 Å². The third-order valence-corrected chi connectivity index (χ3v) is 7.39. The van der Waals surface area contributed by atoms with Crippen LogP contribution >= 0.6 is 0 Å². The van der Waals surface area contributed by atoms with E-state index in [0.29, 0.717) is 24.0 Å². The van der Waals surface area contributed by atoms with E-state index in [-0.39, 0.29) is 11.7 Å². The highest BCUT2D eigenvalue weighted by molar-refractivity contribution is 5.83. The summed E-state index contributed by atoms with van der Waals surface area (Å²) in [5, 5.41) is 4.28. The van der Waals surface area contributed by atoms with E-state index in [2.05, 4.69) is 33.2 Å². The average Bonchev–Trinajstić information content (AvgIpc) is 3.61.